The molecule has 5 nitrogen and oxygen atoms in total. The smallest absolute Gasteiger partial charge is 0.279 e. The summed E-state index contributed by atoms with van der Waals surface area (Å²) in [5.74, 6) is 0.388. The van der Waals surface area contributed by atoms with Gasteiger partial charge in [-0.15, -0.1) is 0 Å². The molecule has 17 heavy (non-hydrogen) atoms. The lowest BCUT2D eigenvalue weighted by Crippen LogP contribution is -2.50. The maximum absolute atomic E-state index is 12.0. The molecule has 0 aromatic carbocycles. The van der Waals surface area contributed by atoms with E-state index in [1.807, 2.05) is 20.8 Å². The van der Waals surface area contributed by atoms with Gasteiger partial charge >= 0.3 is 0 Å². The van der Waals surface area contributed by atoms with Crippen molar-refractivity contribution < 1.29 is 8.42 Å². The van der Waals surface area contributed by atoms with Gasteiger partial charge in [0, 0.05) is 19.1 Å². The average molecular weight is 263 g/mol. The molecule has 0 aromatic heterocycles. The third kappa shape index (κ3) is 4.21. The molecular formula is C11H25N3O2S. The van der Waals surface area contributed by atoms with Crippen LogP contribution in [0, 0.1) is 5.92 Å². The Labute approximate surface area is 105 Å². The summed E-state index contributed by atoms with van der Waals surface area (Å²) in [7, 11) is -1.74. The van der Waals surface area contributed by atoms with E-state index in [9.17, 15) is 8.42 Å². The summed E-state index contributed by atoms with van der Waals surface area (Å²) >= 11 is 0. The Hall–Kier alpha value is -0.170. The molecular weight excluding hydrogens is 238 g/mol. The first-order chi connectivity index (χ1) is 7.84. The number of hydrogen-bond acceptors (Lipinski definition) is 3. The second kappa shape index (κ2) is 6.13. The van der Waals surface area contributed by atoms with E-state index in [4.69, 9.17) is 0 Å². The Kier molecular flexibility index (Phi) is 5.37. The van der Waals surface area contributed by atoms with E-state index in [0.29, 0.717) is 5.92 Å². The predicted octanol–water partition coefficient (Wildman–Crippen LogP) is 0.549. The summed E-state index contributed by atoms with van der Waals surface area (Å²) in [5.41, 5.74) is 0. The normalized spacial score (nSPS) is 24.2. The maximum Gasteiger partial charge on any atom is 0.279 e. The van der Waals surface area contributed by atoms with Gasteiger partial charge in [0.15, 0.2) is 0 Å². The van der Waals surface area contributed by atoms with Crippen LogP contribution in [-0.4, -0.2) is 44.9 Å². The number of piperidine rings is 1. The molecule has 1 fully saturated rings. The Morgan fingerprint density at radius 3 is 2.47 bits per heavy atom. The molecule has 6 heteroatoms. The van der Waals surface area contributed by atoms with Gasteiger partial charge in [0.25, 0.3) is 10.2 Å². The van der Waals surface area contributed by atoms with Gasteiger partial charge in [0.05, 0.1) is 0 Å². The van der Waals surface area contributed by atoms with Crippen LogP contribution in [0.4, 0.5) is 0 Å². The fraction of sp³-hybridized carbons (Fsp3) is 1.00. The van der Waals surface area contributed by atoms with Crippen molar-refractivity contribution in [3.8, 4) is 0 Å². The number of rotatable bonds is 5. The van der Waals surface area contributed by atoms with E-state index in [1.165, 1.54) is 4.31 Å². The first-order valence-corrected chi connectivity index (χ1v) is 7.74. The highest BCUT2D eigenvalue weighted by molar-refractivity contribution is 7.87. The van der Waals surface area contributed by atoms with Gasteiger partial charge < -0.3 is 5.32 Å². The Bertz CT molecular complexity index is 324. The van der Waals surface area contributed by atoms with E-state index in [2.05, 4.69) is 10.0 Å². The van der Waals surface area contributed by atoms with Crippen molar-refractivity contribution in [1.82, 2.24) is 14.3 Å². The van der Waals surface area contributed by atoms with E-state index in [1.54, 1.807) is 7.05 Å². The molecule has 2 atom stereocenters. The summed E-state index contributed by atoms with van der Waals surface area (Å²) in [6.45, 7) is 7.62. The van der Waals surface area contributed by atoms with Crippen molar-refractivity contribution in [3.05, 3.63) is 0 Å². The molecule has 0 spiro atoms. The van der Waals surface area contributed by atoms with E-state index in [0.717, 1.165) is 25.9 Å². The van der Waals surface area contributed by atoms with E-state index < -0.39 is 10.2 Å². The van der Waals surface area contributed by atoms with Crippen LogP contribution in [0.2, 0.25) is 0 Å². The van der Waals surface area contributed by atoms with Crippen LogP contribution in [0.3, 0.4) is 0 Å². The van der Waals surface area contributed by atoms with Gasteiger partial charge in [-0.25, -0.2) is 0 Å². The molecule has 1 aliphatic heterocycles. The number of nitrogens with one attached hydrogen (secondary N) is 2. The summed E-state index contributed by atoms with van der Waals surface area (Å²) in [6.07, 6.45) is 2.21. The average Bonchev–Trinajstić information content (AvgIpc) is 2.28. The van der Waals surface area contributed by atoms with Crippen molar-refractivity contribution in [2.24, 2.45) is 5.92 Å². The minimum absolute atomic E-state index is 0.0194. The minimum Gasteiger partial charge on any atom is -0.316 e. The third-order valence-corrected chi connectivity index (χ3v) is 5.33. The lowest BCUT2D eigenvalue weighted by atomic mass is 9.94. The fourth-order valence-electron chi connectivity index (χ4n) is 2.00. The van der Waals surface area contributed by atoms with E-state index >= 15 is 0 Å². The third-order valence-electron chi connectivity index (χ3n) is 3.48. The zero-order valence-electron chi connectivity index (χ0n) is 11.2. The van der Waals surface area contributed by atoms with Crippen LogP contribution in [-0.2, 0) is 10.2 Å². The van der Waals surface area contributed by atoms with Gasteiger partial charge in [-0.2, -0.15) is 17.4 Å². The molecule has 0 aromatic rings. The Morgan fingerprint density at radius 1 is 1.35 bits per heavy atom. The minimum atomic E-state index is -3.35. The van der Waals surface area contributed by atoms with Crippen LogP contribution in [0.5, 0.6) is 0 Å². The monoisotopic (exact) mass is 263 g/mol. The number of hydrogen-bond donors (Lipinski definition) is 2. The van der Waals surface area contributed by atoms with Gasteiger partial charge in [0.1, 0.15) is 0 Å². The molecule has 0 amide bonds. The lowest BCUT2D eigenvalue weighted by Gasteiger charge is -2.31. The summed E-state index contributed by atoms with van der Waals surface area (Å²) in [6, 6.07) is -0.0434. The van der Waals surface area contributed by atoms with Crippen LogP contribution >= 0.6 is 0 Å². The second-order valence-electron chi connectivity index (χ2n) is 5.13. The SMILES string of the molecule is CC(NS(=O)(=O)N(C)C(C)C)C1CCCNC1. The largest absolute Gasteiger partial charge is 0.316 e. The van der Waals surface area contributed by atoms with Crippen molar-refractivity contribution >= 4 is 10.2 Å². The Balaban J connectivity index is 2.57. The zero-order chi connectivity index (χ0) is 13.1. The fourth-order valence-corrected chi connectivity index (χ4v) is 3.38. The van der Waals surface area contributed by atoms with Crippen LogP contribution in [0.25, 0.3) is 0 Å². The topological polar surface area (TPSA) is 61.4 Å². The van der Waals surface area contributed by atoms with Crippen LogP contribution in [0.1, 0.15) is 33.6 Å². The second-order valence-corrected chi connectivity index (χ2v) is 6.89. The first-order valence-electron chi connectivity index (χ1n) is 6.30. The van der Waals surface area contributed by atoms with Crippen molar-refractivity contribution in [2.75, 3.05) is 20.1 Å². The molecule has 0 bridgehead atoms. The highest BCUT2D eigenvalue weighted by atomic mass is 32.2. The summed E-state index contributed by atoms with van der Waals surface area (Å²) in [4.78, 5) is 0. The lowest BCUT2D eigenvalue weighted by molar-refractivity contribution is 0.312. The maximum atomic E-state index is 12.0. The molecule has 1 rings (SSSR count). The summed E-state index contributed by atoms with van der Waals surface area (Å²) in [5, 5.41) is 3.31. The van der Waals surface area contributed by atoms with E-state index in [-0.39, 0.29) is 12.1 Å². The molecule has 1 aliphatic rings. The van der Waals surface area contributed by atoms with Crippen LogP contribution < -0.4 is 10.0 Å². The van der Waals surface area contributed by atoms with Crippen molar-refractivity contribution in [1.29, 1.82) is 0 Å². The van der Waals surface area contributed by atoms with Crippen LogP contribution in [0.15, 0.2) is 0 Å². The molecule has 1 saturated heterocycles. The first kappa shape index (κ1) is 14.9. The molecule has 1 heterocycles. The Morgan fingerprint density at radius 2 is 2.00 bits per heavy atom. The zero-order valence-corrected chi connectivity index (χ0v) is 12.0. The molecule has 2 N–H and O–H groups in total. The molecule has 0 radical (unpaired) electrons. The number of nitrogens with zero attached hydrogens (tertiary/aromatic N) is 1. The van der Waals surface area contributed by atoms with Gasteiger partial charge in [-0.3, -0.25) is 0 Å². The van der Waals surface area contributed by atoms with Crippen molar-refractivity contribution in [3.63, 3.8) is 0 Å². The molecule has 2 unspecified atom stereocenters. The quantitative estimate of drug-likeness (QED) is 0.761. The predicted molar refractivity (Wildman–Crippen MR) is 70.0 cm³/mol. The molecule has 0 saturated carbocycles. The van der Waals surface area contributed by atoms with Crippen molar-refractivity contribution in [2.45, 2.75) is 45.7 Å². The molecule has 0 aliphatic carbocycles. The highest BCUT2D eigenvalue weighted by Crippen LogP contribution is 2.15. The molecule has 102 valence electrons. The summed E-state index contributed by atoms with van der Waals surface area (Å²) < 4.78 is 28.2. The van der Waals surface area contributed by atoms with Gasteiger partial charge in [0.2, 0.25) is 0 Å². The van der Waals surface area contributed by atoms with Gasteiger partial charge in [-0.05, 0) is 52.6 Å². The standard InChI is InChI=1S/C11H25N3O2S/c1-9(2)14(4)17(15,16)13-10(3)11-6-5-7-12-8-11/h9-13H,5-8H2,1-4H3. The highest BCUT2D eigenvalue weighted by Gasteiger charge is 2.27. The van der Waals surface area contributed by atoms with Gasteiger partial charge in [-0.1, -0.05) is 0 Å².